The molecule has 6 unspecified atom stereocenters. The smallest absolute Gasteiger partial charge is 0.0844 e. The van der Waals surface area contributed by atoms with Gasteiger partial charge in [-0.2, -0.15) is 0 Å². The number of hydrogen-bond donors (Lipinski definition) is 0. The summed E-state index contributed by atoms with van der Waals surface area (Å²) in [6, 6.07) is 0. The first-order valence-corrected chi connectivity index (χ1v) is 8.87. The molecular weight excluding hydrogens is 248 g/mol. The summed E-state index contributed by atoms with van der Waals surface area (Å²) in [5.74, 6) is 1.76. The van der Waals surface area contributed by atoms with Crippen LogP contribution in [-0.2, 0) is 9.47 Å². The van der Waals surface area contributed by atoms with Crippen LogP contribution < -0.4 is 0 Å². The van der Waals surface area contributed by atoms with E-state index < -0.39 is 0 Å². The first kappa shape index (κ1) is 14.8. The van der Waals surface area contributed by atoms with E-state index in [0.717, 1.165) is 11.8 Å². The molecule has 0 bridgehead atoms. The third-order valence-corrected chi connectivity index (χ3v) is 6.11. The summed E-state index contributed by atoms with van der Waals surface area (Å²) in [6.45, 7) is 9.27. The molecule has 0 N–H and O–H groups in total. The topological polar surface area (TPSA) is 25.1 Å². The Hall–Kier alpha value is -0.0800. The second-order valence-corrected chi connectivity index (χ2v) is 7.97. The molecule has 0 amide bonds. The molecule has 4 fully saturated rings. The molecule has 4 aliphatic rings. The molecule has 0 radical (unpaired) electrons. The largest absolute Gasteiger partial charge is 0.370 e. The third kappa shape index (κ3) is 2.92. The number of rotatable bonds is 2. The Morgan fingerprint density at radius 2 is 1.15 bits per heavy atom. The van der Waals surface area contributed by atoms with Gasteiger partial charge in [0.05, 0.1) is 24.4 Å². The number of epoxide rings is 2. The lowest BCUT2D eigenvalue weighted by Crippen LogP contribution is -2.37. The first-order valence-electron chi connectivity index (χ1n) is 8.87. The Morgan fingerprint density at radius 3 is 1.50 bits per heavy atom. The van der Waals surface area contributed by atoms with Gasteiger partial charge in [-0.25, -0.2) is 0 Å². The van der Waals surface area contributed by atoms with Crippen molar-refractivity contribution in [2.75, 3.05) is 0 Å². The van der Waals surface area contributed by atoms with E-state index in [0.29, 0.717) is 29.8 Å². The van der Waals surface area contributed by atoms with Crippen molar-refractivity contribution < 1.29 is 9.47 Å². The minimum absolute atomic E-state index is 0.494. The second-order valence-electron chi connectivity index (χ2n) is 7.97. The molecule has 2 heterocycles. The molecule has 0 aromatic heterocycles. The van der Waals surface area contributed by atoms with Gasteiger partial charge in [-0.3, -0.25) is 0 Å². The zero-order chi connectivity index (χ0) is 14.3. The van der Waals surface area contributed by atoms with Gasteiger partial charge in [0.25, 0.3) is 0 Å². The van der Waals surface area contributed by atoms with E-state index in [1.807, 2.05) is 0 Å². The Labute approximate surface area is 124 Å². The van der Waals surface area contributed by atoms with Crippen molar-refractivity contribution in [3.8, 4) is 0 Å². The predicted molar refractivity (Wildman–Crippen MR) is 81.8 cm³/mol. The van der Waals surface area contributed by atoms with Crippen LogP contribution in [-0.4, -0.2) is 24.4 Å². The third-order valence-electron chi connectivity index (χ3n) is 6.11. The van der Waals surface area contributed by atoms with Crippen LogP contribution in [0.1, 0.15) is 72.6 Å². The average molecular weight is 280 g/mol. The Balaban J connectivity index is 0.000000373. The molecule has 4 rings (SSSR count). The lowest BCUT2D eigenvalue weighted by molar-refractivity contribution is 0.0678. The van der Waals surface area contributed by atoms with Crippen molar-refractivity contribution in [2.24, 2.45) is 17.3 Å². The maximum atomic E-state index is 5.70. The van der Waals surface area contributed by atoms with Crippen molar-refractivity contribution in [1.29, 1.82) is 0 Å². The average Bonchev–Trinajstić information content (AvgIpc) is 3.31. The van der Waals surface area contributed by atoms with Gasteiger partial charge in [-0.05, 0) is 55.8 Å². The normalized spacial score (nSPS) is 45.6. The summed E-state index contributed by atoms with van der Waals surface area (Å²) >= 11 is 0. The summed E-state index contributed by atoms with van der Waals surface area (Å²) < 4.78 is 11.4. The number of hydrogen-bond acceptors (Lipinski definition) is 2. The highest BCUT2D eigenvalue weighted by Gasteiger charge is 2.52. The number of ether oxygens (including phenoxy) is 2. The monoisotopic (exact) mass is 280 g/mol. The van der Waals surface area contributed by atoms with E-state index in [9.17, 15) is 0 Å². The summed E-state index contributed by atoms with van der Waals surface area (Å²) in [7, 11) is 0. The standard InChI is InChI=1S/C15H24O2.C3H8/c1-15(2,9-3-5-11-13(7-9)16-11)10-4-6-12-14(8-10)17-12;1-3-2/h9-14H,3-8H2,1-2H3;3H2,1-2H3. The van der Waals surface area contributed by atoms with Crippen LogP contribution in [0.4, 0.5) is 0 Å². The molecule has 2 saturated carbocycles. The fourth-order valence-corrected chi connectivity index (χ4v) is 4.49. The highest BCUT2D eigenvalue weighted by Crippen LogP contribution is 2.54. The predicted octanol–water partition coefficient (Wildman–Crippen LogP) is 4.56. The highest BCUT2D eigenvalue weighted by molar-refractivity contribution is 5.01. The molecule has 116 valence electrons. The number of fused-ring (bicyclic) bond motifs is 2. The molecule has 0 spiro atoms. The molecule has 2 nitrogen and oxygen atoms in total. The molecule has 0 aromatic rings. The van der Waals surface area contributed by atoms with E-state index in [2.05, 4.69) is 27.7 Å². The van der Waals surface area contributed by atoms with Crippen LogP contribution in [0.25, 0.3) is 0 Å². The van der Waals surface area contributed by atoms with Crippen molar-refractivity contribution in [3.05, 3.63) is 0 Å². The van der Waals surface area contributed by atoms with Gasteiger partial charge in [0, 0.05) is 0 Å². The van der Waals surface area contributed by atoms with E-state index in [4.69, 9.17) is 9.47 Å². The van der Waals surface area contributed by atoms with Gasteiger partial charge >= 0.3 is 0 Å². The molecule has 2 saturated heterocycles. The van der Waals surface area contributed by atoms with Crippen molar-refractivity contribution in [1.82, 2.24) is 0 Å². The lowest BCUT2D eigenvalue weighted by Gasteiger charge is -2.43. The van der Waals surface area contributed by atoms with Gasteiger partial charge in [0.1, 0.15) is 0 Å². The van der Waals surface area contributed by atoms with Crippen LogP contribution in [0.3, 0.4) is 0 Å². The molecule has 2 aliphatic carbocycles. The van der Waals surface area contributed by atoms with E-state index in [1.165, 1.54) is 44.9 Å². The molecule has 2 heteroatoms. The Morgan fingerprint density at radius 1 is 0.750 bits per heavy atom. The molecule has 20 heavy (non-hydrogen) atoms. The van der Waals surface area contributed by atoms with Gasteiger partial charge < -0.3 is 9.47 Å². The van der Waals surface area contributed by atoms with Crippen molar-refractivity contribution >= 4 is 0 Å². The minimum atomic E-state index is 0.494. The van der Waals surface area contributed by atoms with Gasteiger partial charge in [-0.15, -0.1) is 0 Å². The molecule has 0 aromatic carbocycles. The Kier molecular flexibility index (Phi) is 4.16. The van der Waals surface area contributed by atoms with E-state index in [-0.39, 0.29) is 0 Å². The van der Waals surface area contributed by atoms with Crippen LogP contribution in [0.2, 0.25) is 0 Å². The minimum Gasteiger partial charge on any atom is -0.370 e. The zero-order valence-corrected chi connectivity index (χ0v) is 13.7. The molecule has 6 atom stereocenters. The lowest BCUT2D eigenvalue weighted by atomic mass is 9.61. The van der Waals surface area contributed by atoms with E-state index >= 15 is 0 Å². The first-order chi connectivity index (χ1) is 9.56. The molecule has 2 aliphatic heterocycles. The fourth-order valence-electron chi connectivity index (χ4n) is 4.49. The van der Waals surface area contributed by atoms with Crippen LogP contribution in [0.5, 0.6) is 0 Å². The van der Waals surface area contributed by atoms with E-state index in [1.54, 1.807) is 0 Å². The maximum absolute atomic E-state index is 5.70. The SMILES string of the molecule is CC(C)(C1CCC2OC2C1)C1CCC2OC2C1.CCC. The van der Waals surface area contributed by atoms with Gasteiger partial charge in [-0.1, -0.05) is 34.1 Å². The van der Waals surface area contributed by atoms with Crippen molar-refractivity contribution in [3.63, 3.8) is 0 Å². The molecular formula is C18H32O2. The Bertz CT molecular complexity index is 308. The van der Waals surface area contributed by atoms with Crippen LogP contribution in [0.15, 0.2) is 0 Å². The summed E-state index contributed by atoms with van der Waals surface area (Å²) in [5.41, 5.74) is 0.494. The van der Waals surface area contributed by atoms with Gasteiger partial charge in [0.2, 0.25) is 0 Å². The second kappa shape index (κ2) is 5.61. The summed E-state index contributed by atoms with van der Waals surface area (Å²) in [5, 5.41) is 0. The van der Waals surface area contributed by atoms with Crippen LogP contribution in [0, 0.1) is 17.3 Å². The highest BCUT2D eigenvalue weighted by atomic mass is 16.6. The van der Waals surface area contributed by atoms with Gasteiger partial charge in [0.15, 0.2) is 0 Å². The fraction of sp³-hybridized carbons (Fsp3) is 1.00. The maximum Gasteiger partial charge on any atom is 0.0844 e. The summed E-state index contributed by atoms with van der Waals surface area (Å²) in [6.07, 6.45) is 11.8. The zero-order valence-electron chi connectivity index (χ0n) is 13.7. The summed E-state index contributed by atoms with van der Waals surface area (Å²) in [4.78, 5) is 0. The quantitative estimate of drug-likeness (QED) is 0.693. The van der Waals surface area contributed by atoms with Crippen molar-refractivity contribution in [2.45, 2.75) is 97.1 Å². The van der Waals surface area contributed by atoms with Crippen LogP contribution >= 0.6 is 0 Å².